The molecular formula is C9H14O2S. The standard InChI is InChI=1S/C9H14O2S/c1-9(2)5-7(12-3)6(10)4-8(9)11/h7H,4-5H2,1-3H3. The number of ketones is 2. The summed E-state index contributed by atoms with van der Waals surface area (Å²) in [7, 11) is 0. The van der Waals surface area contributed by atoms with Crippen LogP contribution in [0.3, 0.4) is 0 Å². The summed E-state index contributed by atoms with van der Waals surface area (Å²) in [6.07, 6.45) is 2.76. The third-order valence-corrected chi connectivity index (χ3v) is 3.43. The van der Waals surface area contributed by atoms with Crippen LogP contribution >= 0.6 is 11.8 Å². The molecule has 3 heteroatoms. The Morgan fingerprint density at radius 1 is 1.42 bits per heavy atom. The largest absolute Gasteiger partial charge is 0.299 e. The third-order valence-electron chi connectivity index (χ3n) is 2.43. The Morgan fingerprint density at radius 2 is 2.00 bits per heavy atom. The van der Waals surface area contributed by atoms with Crippen molar-refractivity contribution in [1.82, 2.24) is 0 Å². The van der Waals surface area contributed by atoms with Gasteiger partial charge in [0.25, 0.3) is 0 Å². The van der Waals surface area contributed by atoms with E-state index in [1.165, 1.54) is 0 Å². The summed E-state index contributed by atoms with van der Waals surface area (Å²) in [6.45, 7) is 3.84. The normalized spacial score (nSPS) is 29.1. The van der Waals surface area contributed by atoms with Crippen molar-refractivity contribution in [2.24, 2.45) is 5.41 Å². The van der Waals surface area contributed by atoms with Crippen LogP contribution in [0.4, 0.5) is 0 Å². The molecule has 1 unspecified atom stereocenters. The van der Waals surface area contributed by atoms with Crippen molar-refractivity contribution in [3.05, 3.63) is 0 Å². The van der Waals surface area contributed by atoms with Crippen LogP contribution in [-0.4, -0.2) is 23.1 Å². The summed E-state index contributed by atoms with van der Waals surface area (Å²) in [4.78, 5) is 22.6. The topological polar surface area (TPSA) is 34.1 Å². The molecule has 0 spiro atoms. The molecule has 2 nitrogen and oxygen atoms in total. The Labute approximate surface area is 77.1 Å². The number of carbonyl (C=O) groups excluding carboxylic acids is 2. The molecule has 0 aromatic heterocycles. The average Bonchev–Trinajstić information content (AvgIpc) is 1.97. The number of Topliss-reactive ketones (excluding diaryl/α,β-unsaturated/α-hetero) is 2. The second kappa shape index (κ2) is 3.21. The van der Waals surface area contributed by atoms with Crippen molar-refractivity contribution in [3.8, 4) is 0 Å². The van der Waals surface area contributed by atoms with Gasteiger partial charge in [-0.25, -0.2) is 0 Å². The van der Waals surface area contributed by atoms with E-state index in [2.05, 4.69) is 0 Å². The number of hydrogen-bond donors (Lipinski definition) is 0. The first-order valence-corrected chi connectivity index (χ1v) is 5.35. The second-order valence-electron chi connectivity index (χ2n) is 3.88. The number of thioether (sulfide) groups is 1. The first kappa shape index (κ1) is 9.78. The first-order chi connectivity index (χ1) is 5.47. The van der Waals surface area contributed by atoms with Gasteiger partial charge in [-0.3, -0.25) is 9.59 Å². The molecular weight excluding hydrogens is 172 g/mol. The highest BCUT2D eigenvalue weighted by molar-refractivity contribution is 7.99. The zero-order valence-electron chi connectivity index (χ0n) is 7.72. The van der Waals surface area contributed by atoms with Crippen LogP contribution < -0.4 is 0 Å². The molecule has 0 radical (unpaired) electrons. The van der Waals surface area contributed by atoms with E-state index < -0.39 is 0 Å². The molecule has 1 aliphatic carbocycles. The smallest absolute Gasteiger partial charge is 0.153 e. The van der Waals surface area contributed by atoms with Gasteiger partial charge in [0.1, 0.15) is 5.78 Å². The van der Waals surface area contributed by atoms with Gasteiger partial charge >= 0.3 is 0 Å². The fraction of sp³-hybridized carbons (Fsp3) is 0.778. The number of carbonyl (C=O) groups is 2. The summed E-state index contributed by atoms with van der Waals surface area (Å²) in [5.74, 6) is 0.199. The Morgan fingerprint density at radius 3 is 2.50 bits per heavy atom. The lowest BCUT2D eigenvalue weighted by Gasteiger charge is -2.31. The van der Waals surface area contributed by atoms with Crippen LogP contribution in [0.2, 0.25) is 0 Å². The molecule has 0 bridgehead atoms. The molecule has 12 heavy (non-hydrogen) atoms. The molecule has 1 fully saturated rings. The van der Waals surface area contributed by atoms with Crippen LogP contribution in [0.15, 0.2) is 0 Å². The molecule has 0 N–H and O–H groups in total. The van der Waals surface area contributed by atoms with Gasteiger partial charge in [-0.05, 0) is 12.7 Å². The monoisotopic (exact) mass is 186 g/mol. The minimum Gasteiger partial charge on any atom is -0.299 e. The number of hydrogen-bond acceptors (Lipinski definition) is 3. The van der Waals surface area contributed by atoms with Gasteiger partial charge in [0.15, 0.2) is 5.78 Å². The average molecular weight is 186 g/mol. The molecule has 1 saturated carbocycles. The van der Waals surface area contributed by atoms with E-state index in [9.17, 15) is 9.59 Å². The summed E-state index contributed by atoms with van der Waals surface area (Å²) < 4.78 is 0. The van der Waals surface area contributed by atoms with Crippen LogP contribution in [0, 0.1) is 5.41 Å². The van der Waals surface area contributed by atoms with Crippen molar-refractivity contribution in [1.29, 1.82) is 0 Å². The fourth-order valence-electron chi connectivity index (χ4n) is 1.42. The molecule has 1 atom stereocenters. The highest BCUT2D eigenvalue weighted by Crippen LogP contribution is 2.35. The van der Waals surface area contributed by atoms with E-state index in [-0.39, 0.29) is 28.7 Å². The van der Waals surface area contributed by atoms with Crippen molar-refractivity contribution in [2.75, 3.05) is 6.26 Å². The number of rotatable bonds is 1. The van der Waals surface area contributed by atoms with Gasteiger partial charge < -0.3 is 0 Å². The quantitative estimate of drug-likeness (QED) is 0.584. The van der Waals surface area contributed by atoms with Crippen LogP contribution in [0.1, 0.15) is 26.7 Å². The van der Waals surface area contributed by atoms with Crippen molar-refractivity contribution < 1.29 is 9.59 Å². The Hall–Kier alpha value is -0.310. The van der Waals surface area contributed by atoms with E-state index in [4.69, 9.17) is 0 Å². The van der Waals surface area contributed by atoms with E-state index in [0.29, 0.717) is 6.42 Å². The molecule has 68 valence electrons. The van der Waals surface area contributed by atoms with Crippen molar-refractivity contribution in [2.45, 2.75) is 31.9 Å². The van der Waals surface area contributed by atoms with Crippen molar-refractivity contribution in [3.63, 3.8) is 0 Å². The predicted molar refractivity (Wildman–Crippen MR) is 50.3 cm³/mol. The van der Waals surface area contributed by atoms with Gasteiger partial charge in [0, 0.05) is 5.41 Å². The molecule has 0 aliphatic heterocycles. The molecule has 0 aromatic carbocycles. The summed E-state index contributed by atoms with van der Waals surface area (Å²) in [5.41, 5.74) is -0.290. The highest BCUT2D eigenvalue weighted by Gasteiger charge is 2.39. The van der Waals surface area contributed by atoms with E-state index >= 15 is 0 Å². The lowest BCUT2D eigenvalue weighted by atomic mass is 9.75. The minimum atomic E-state index is -0.290. The molecule has 1 rings (SSSR count). The van der Waals surface area contributed by atoms with E-state index in [1.807, 2.05) is 20.1 Å². The molecule has 0 heterocycles. The summed E-state index contributed by atoms with van der Waals surface area (Å²) >= 11 is 1.56. The van der Waals surface area contributed by atoms with Gasteiger partial charge in [-0.2, -0.15) is 11.8 Å². The Kier molecular flexibility index (Phi) is 2.61. The van der Waals surface area contributed by atoms with Crippen molar-refractivity contribution >= 4 is 23.3 Å². The van der Waals surface area contributed by atoms with Crippen LogP contribution in [0.25, 0.3) is 0 Å². The van der Waals surface area contributed by atoms with Crippen LogP contribution in [-0.2, 0) is 9.59 Å². The minimum absolute atomic E-state index is 0.0395. The maximum absolute atomic E-state index is 11.4. The van der Waals surface area contributed by atoms with Crippen LogP contribution in [0.5, 0.6) is 0 Å². The zero-order valence-corrected chi connectivity index (χ0v) is 8.53. The Balaban J connectivity index is 2.77. The van der Waals surface area contributed by atoms with E-state index in [1.54, 1.807) is 11.8 Å². The third kappa shape index (κ3) is 1.71. The molecule has 0 aromatic rings. The predicted octanol–water partition coefficient (Wildman–Crippen LogP) is 1.68. The highest BCUT2D eigenvalue weighted by atomic mass is 32.2. The van der Waals surface area contributed by atoms with Gasteiger partial charge in [0.2, 0.25) is 0 Å². The second-order valence-corrected chi connectivity index (χ2v) is 4.92. The van der Waals surface area contributed by atoms with Gasteiger partial charge in [0.05, 0.1) is 11.7 Å². The SMILES string of the molecule is CSC1CC(C)(C)C(=O)CC1=O. The fourth-order valence-corrected chi connectivity index (χ4v) is 2.35. The summed E-state index contributed by atoms with van der Waals surface area (Å²) in [6, 6.07) is 0. The molecule has 0 saturated heterocycles. The van der Waals surface area contributed by atoms with E-state index in [0.717, 1.165) is 0 Å². The lowest BCUT2D eigenvalue weighted by Crippen LogP contribution is -2.39. The van der Waals surface area contributed by atoms with Gasteiger partial charge in [-0.15, -0.1) is 0 Å². The van der Waals surface area contributed by atoms with Gasteiger partial charge in [-0.1, -0.05) is 13.8 Å². The first-order valence-electron chi connectivity index (χ1n) is 4.06. The molecule has 1 aliphatic rings. The maximum atomic E-state index is 11.4. The Bertz CT molecular complexity index is 221. The summed E-state index contributed by atoms with van der Waals surface area (Å²) in [5, 5.41) is 0.0395. The zero-order chi connectivity index (χ0) is 9.35. The maximum Gasteiger partial charge on any atom is 0.153 e. The molecule has 0 amide bonds. The lowest BCUT2D eigenvalue weighted by molar-refractivity contribution is -0.136.